The molecule has 0 saturated carbocycles. The molecule has 1 aromatic carbocycles. The van der Waals surface area contributed by atoms with E-state index in [-0.39, 0.29) is 31.8 Å². The van der Waals surface area contributed by atoms with Crippen LogP contribution in [0.1, 0.15) is 41.4 Å². The molecule has 0 aliphatic heterocycles. The van der Waals surface area contributed by atoms with Gasteiger partial charge in [-0.15, -0.1) is 11.3 Å². The van der Waals surface area contributed by atoms with Crippen LogP contribution in [0, 0.1) is 6.92 Å². The van der Waals surface area contributed by atoms with Crippen molar-refractivity contribution >= 4 is 34.2 Å². The number of amides is 1. The summed E-state index contributed by atoms with van der Waals surface area (Å²) in [6.45, 7) is 3.84. The number of carboxylic acids is 1. The third-order valence-corrected chi connectivity index (χ3v) is 4.69. The summed E-state index contributed by atoms with van der Waals surface area (Å²) in [5.41, 5.74) is 1.96. The molecule has 6 nitrogen and oxygen atoms in total. The Morgan fingerprint density at radius 3 is 2.46 bits per heavy atom. The SMILES string of the molecule is CCOC(=O)c1c(NC(=O)CCCC(=O)O)sc(C)c1-c1ccccc1. The van der Waals surface area contributed by atoms with Gasteiger partial charge in [0.05, 0.1) is 6.61 Å². The molecule has 0 unspecified atom stereocenters. The van der Waals surface area contributed by atoms with Crippen molar-refractivity contribution < 1.29 is 24.2 Å². The van der Waals surface area contributed by atoms with E-state index in [1.54, 1.807) is 6.92 Å². The van der Waals surface area contributed by atoms with Gasteiger partial charge in [-0.3, -0.25) is 9.59 Å². The highest BCUT2D eigenvalue weighted by Crippen LogP contribution is 2.40. The van der Waals surface area contributed by atoms with Crippen molar-refractivity contribution in [3.05, 3.63) is 40.8 Å². The maximum atomic E-state index is 12.5. The number of rotatable bonds is 8. The third kappa shape index (κ3) is 4.92. The third-order valence-electron chi connectivity index (χ3n) is 3.67. The van der Waals surface area contributed by atoms with Crippen molar-refractivity contribution in [2.24, 2.45) is 0 Å². The summed E-state index contributed by atoms with van der Waals surface area (Å²) in [5.74, 6) is -1.75. The Kier molecular flexibility index (Phi) is 6.91. The van der Waals surface area contributed by atoms with Gasteiger partial charge in [-0.1, -0.05) is 30.3 Å². The fraction of sp³-hybridized carbons (Fsp3) is 0.316. The molecule has 1 aromatic heterocycles. The fourth-order valence-corrected chi connectivity index (χ4v) is 3.65. The number of carboxylic acid groups (broad SMARTS) is 1. The summed E-state index contributed by atoms with van der Waals surface area (Å²) in [4.78, 5) is 36.1. The van der Waals surface area contributed by atoms with Gasteiger partial charge in [-0.05, 0) is 25.8 Å². The molecule has 0 aliphatic rings. The minimum atomic E-state index is -0.941. The van der Waals surface area contributed by atoms with E-state index in [9.17, 15) is 14.4 Å². The van der Waals surface area contributed by atoms with Crippen LogP contribution in [0.25, 0.3) is 11.1 Å². The smallest absolute Gasteiger partial charge is 0.341 e. The number of thiophene rings is 1. The first-order chi connectivity index (χ1) is 12.4. The molecule has 1 amide bonds. The average Bonchev–Trinajstić information content (AvgIpc) is 2.91. The quantitative estimate of drug-likeness (QED) is 0.678. The van der Waals surface area contributed by atoms with E-state index < -0.39 is 11.9 Å². The minimum absolute atomic E-state index is 0.0725. The molecule has 0 fully saturated rings. The monoisotopic (exact) mass is 375 g/mol. The normalized spacial score (nSPS) is 10.4. The summed E-state index contributed by atoms with van der Waals surface area (Å²) in [6, 6.07) is 9.45. The van der Waals surface area contributed by atoms with E-state index in [1.165, 1.54) is 11.3 Å². The number of nitrogens with one attached hydrogen (secondary N) is 1. The van der Waals surface area contributed by atoms with Gasteiger partial charge in [0.2, 0.25) is 5.91 Å². The van der Waals surface area contributed by atoms with Crippen molar-refractivity contribution in [2.45, 2.75) is 33.1 Å². The lowest BCUT2D eigenvalue weighted by Crippen LogP contribution is -2.14. The molecule has 0 radical (unpaired) electrons. The van der Waals surface area contributed by atoms with Gasteiger partial charge >= 0.3 is 11.9 Å². The first kappa shape index (κ1) is 19.7. The summed E-state index contributed by atoms with van der Waals surface area (Å²) in [6.07, 6.45) is 0.245. The Balaban J connectivity index is 2.32. The second kappa shape index (κ2) is 9.15. The highest BCUT2D eigenvalue weighted by atomic mass is 32.1. The highest BCUT2D eigenvalue weighted by molar-refractivity contribution is 7.17. The van der Waals surface area contributed by atoms with Gasteiger partial charge in [0.25, 0.3) is 0 Å². The van der Waals surface area contributed by atoms with Gasteiger partial charge in [-0.25, -0.2) is 4.79 Å². The van der Waals surface area contributed by atoms with E-state index >= 15 is 0 Å². The Bertz CT molecular complexity index is 798. The first-order valence-electron chi connectivity index (χ1n) is 8.31. The molecule has 1 heterocycles. The Labute approximate surface area is 155 Å². The van der Waals surface area contributed by atoms with Crippen LogP contribution in [0.3, 0.4) is 0 Å². The number of ether oxygens (including phenoxy) is 1. The van der Waals surface area contributed by atoms with Crippen molar-refractivity contribution in [3.8, 4) is 11.1 Å². The van der Waals surface area contributed by atoms with Gasteiger partial charge in [0.15, 0.2) is 0 Å². The summed E-state index contributed by atoms with van der Waals surface area (Å²) < 4.78 is 5.18. The van der Waals surface area contributed by atoms with E-state index in [0.29, 0.717) is 10.6 Å². The van der Waals surface area contributed by atoms with Gasteiger partial charge in [0, 0.05) is 23.3 Å². The zero-order valence-corrected chi connectivity index (χ0v) is 15.5. The molecule has 26 heavy (non-hydrogen) atoms. The number of carbonyl (C=O) groups is 3. The molecule has 138 valence electrons. The number of esters is 1. The van der Waals surface area contributed by atoms with Crippen molar-refractivity contribution in [2.75, 3.05) is 11.9 Å². The number of hydrogen-bond acceptors (Lipinski definition) is 5. The Morgan fingerprint density at radius 2 is 1.85 bits per heavy atom. The number of benzene rings is 1. The van der Waals surface area contributed by atoms with E-state index in [0.717, 1.165) is 16.0 Å². The number of hydrogen-bond donors (Lipinski definition) is 2. The number of aryl methyl sites for hydroxylation is 1. The standard InChI is InChI=1S/C19H21NO5S/c1-3-25-19(24)17-16(13-8-5-4-6-9-13)12(2)26-18(17)20-14(21)10-7-11-15(22)23/h4-6,8-9H,3,7,10-11H2,1-2H3,(H,20,21)(H,22,23). The molecule has 0 aliphatic carbocycles. The summed E-state index contributed by atoms with van der Waals surface area (Å²) in [5, 5.41) is 11.8. The Morgan fingerprint density at radius 1 is 1.15 bits per heavy atom. The number of aliphatic carboxylic acids is 1. The molecule has 0 bridgehead atoms. The zero-order valence-electron chi connectivity index (χ0n) is 14.7. The van der Waals surface area contributed by atoms with Crippen LogP contribution in [-0.2, 0) is 14.3 Å². The van der Waals surface area contributed by atoms with Crippen LogP contribution >= 0.6 is 11.3 Å². The van der Waals surface area contributed by atoms with E-state index in [1.807, 2.05) is 37.3 Å². The fourth-order valence-electron chi connectivity index (χ4n) is 2.57. The molecule has 2 N–H and O–H groups in total. The summed E-state index contributed by atoms with van der Waals surface area (Å²) in [7, 11) is 0. The summed E-state index contributed by atoms with van der Waals surface area (Å²) >= 11 is 1.31. The molecular formula is C19H21NO5S. The lowest BCUT2D eigenvalue weighted by Gasteiger charge is -2.09. The predicted molar refractivity (Wildman–Crippen MR) is 101 cm³/mol. The molecule has 0 atom stereocenters. The molecule has 2 aromatic rings. The number of carbonyl (C=O) groups excluding carboxylic acids is 2. The van der Waals surface area contributed by atoms with Crippen molar-refractivity contribution in [1.29, 1.82) is 0 Å². The maximum Gasteiger partial charge on any atom is 0.341 e. The second-order valence-corrected chi connectivity index (χ2v) is 6.84. The second-order valence-electron chi connectivity index (χ2n) is 5.62. The zero-order chi connectivity index (χ0) is 19.1. The molecule has 0 saturated heterocycles. The molecule has 2 rings (SSSR count). The lowest BCUT2D eigenvalue weighted by molar-refractivity contribution is -0.137. The Hall–Kier alpha value is -2.67. The molecule has 0 spiro atoms. The van der Waals surface area contributed by atoms with Crippen LogP contribution in [0.15, 0.2) is 30.3 Å². The maximum absolute atomic E-state index is 12.5. The van der Waals surface area contributed by atoms with Crippen LogP contribution in [0.5, 0.6) is 0 Å². The van der Waals surface area contributed by atoms with Gasteiger partial charge < -0.3 is 15.2 Å². The van der Waals surface area contributed by atoms with Gasteiger partial charge in [0.1, 0.15) is 10.6 Å². The average molecular weight is 375 g/mol. The highest BCUT2D eigenvalue weighted by Gasteiger charge is 2.25. The van der Waals surface area contributed by atoms with Crippen LogP contribution in [0.4, 0.5) is 5.00 Å². The van der Waals surface area contributed by atoms with Crippen LogP contribution in [-0.4, -0.2) is 29.6 Å². The number of anilines is 1. The van der Waals surface area contributed by atoms with E-state index in [4.69, 9.17) is 9.84 Å². The topological polar surface area (TPSA) is 92.7 Å². The van der Waals surface area contributed by atoms with Crippen LogP contribution in [0.2, 0.25) is 0 Å². The minimum Gasteiger partial charge on any atom is -0.481 e. The van der Waals surface area contributed by atoms with Crippen molar-refractivity contribution in [1.82, 2.24) is 0 Å². The largest absolute Gasteiger partial charge is 0.481 e. The molecule has 7 heteroatoms. The van der Waals surface area contributed by atoms with E-state index in [2.05, 4.69) is 5.32 Å². The predicted octanol–water partition coefficient (Wildman–Crippen LogP) is 4.09. The van der Waals surface area contributed by atoms with Crippen LogP contribution < -0.4 is 5.32 Å². The lowest BCUT2D eigenvalue weighted by atomic mass is 10.0. The van der Waals surface area contributed by atoms with Gasteiger partial charge in [-0.2, -0.15) is 0 Å². The van der Waals surface area contributed by atoms with Crippen molar-refractivity contribution in [3.63, 3.8) is 0 Å². The first-order valence-corrected chi connectivity index (χ1v) is 9.13. The molecular weight excluding hydrogens is 354 g/mol.